The van der Waals surface area contributed by atoms with Crippen LogP contribution >= 0.6 is 0 Å². The first kappa shape index (κ1) is 66.9. The molecule has 0 heterocycles. The van der Waals surface area contributed by atoms with Gasteiger partial charge in [0.25, 0.3) is 0 Å². The van der Waals surface area contributed by atoms with Crippen molar-refractivity contribution in [3.05, 3.63) is 72.9 Å². The lowest BCUT2D eigenvalue weighted by atomic mass is 10.0. The first-order valence-electron chi connectivity index (χ1n) is 29.9. The van der Waals surface area contributed by atoms with Crippen LogP contribution < -0.4 is 0 Å². The number of hydrogen-bond donors (Lipinski definition) is 0. The van der Waals surface area contributed by atoms with Gasteiger partial charge >= 0.3 is 17.9 Å². The Morgan fingerprint density at radius 2 is 0.557 bits per heavy atom. The van der Waals surface area contributed by atoms with E-state index in [1.807, 2.05) is 0 Å². The lowest BCUT2D eigenvalue weighted by Gasteiger charge is -2.18. The lowest BCUT2D eigenvalue weighted by Crippen LogP contribution is -2.30. The Hall–Kier alpha value is -3.15. The molecule has 0 amide bonds. The number of hydrogen-bond acceptors (Lipinski definition) is 6. The Morgan fingerprint density at radius 3 is 0.886 bits per heavy atom. The quantitative estimate of drug-likeness (QED) is 0.0261. The van der Waals surface area contributed by atoms with Gasteiger partial charge in [-0.3, -0.25) is 14.4 Å². The molecule has 0 saturated heterocycles. The topological polar surface area (TPSA) is 78.9 Å². The number of ether oxygens (including phenoxy) is 3. The zero-order valence-corrected chi connectivity index (χ0v) is 46.3. The smallest absolute Gasteiger partial charge is 0.306 e. The number of carbonyl (C=O) groups is 3. The van der Waals surface area contributed by atoms with E-state index in [4.69, 9.17) is 14.2 Å². The maximum atomic E-state index is 12.8. The molecule has 0 aromatic rings. The fourth-order valence-electron chi connectivity index (χ4n) is 8.47. The summed E-state index contributed by atoms with van der Waals surface area (Å²) in [4.78, 5) is 37.9. The molecule has 0 bridgehead atoms. The van der Waals surface area contributed by atoms with Crippen molar-refractivity contribution in [1.29, 1.82) is 0 Å². The molecule has 6 heteroatoms. The number of esters is 3. The molecule has 0 saturated carbocycles. The summed E-state index contributed by atoms with van der Waals surface area (Å²) in [6.07, 6.45) is 75.1. The molecule has 70 heavy (non-hydrogen) atoms. The van der Waals surface area contributed by atoms with Crippen LogP contribution in [0.25, 0.3) is 0 Å². The molecule has 6 nitrogen and oxygen atoms in total. The average Bonchev–Trinajstić information content (AvgIpc) is 3.36. The molecule has 0 radical (unpaired) electrons. The monoisotopic (exact) mass is 977 g/mol. The van der Waals surface area contributed by atoms with Crippen LogP contribution in [0.3, 0.4) is 0 Å². The zero-order chi connectivity index (χ0) is 50.7. The van der Waals surface area contributed by atoms with Gasteiger partial charge in [0.15, 0.2) is 6.10 Å². The second kappa shape index (κ2) is 58.4. The molecule has 0 N–H and O–H groups in total. The summed E-state index contributed by atoms with van der Waals surface area (Å²) >= 11 is 0. The second-order valence-electron chi connectivity index (χ2n) is 19.9. The van der Waals surface area contributed by atoms with E-state index in [1.165, 1.54) is 148 Å². The summed E-state index contributed by atoms with van der Waals surface area (Å²) < 4.78 is 16.8. The Bertz CT molecular complexity index is 1310. The number of unbranched alkanes of at least 4 members (excludes halogenated alkanes) is 31. The third kappa shape index (κ3) is 55.8. The summed E-state index contributed by atoms with van der Waals surface area (Å²) in [6.45, 7) is 6.47. The van der Waals surface area contributed by atoms with Gasteiger partial charge in [-0.25, -0.2) is 0 Å². The van der Waals surface area contributed by atoms with Gasteiger partial charge < -0.3 is 14.2 Å². The van der Waals surface area contributed by atoms with Crippen molar-refractivity contribution in [3.63, 3.8) is 0 Å². The van der Waals surface area contributed by atoms with Crippen molar-refractivity contribution < 1.29 is 28.6 Å². The minimum Gasteiger partial charge on any atom is -0.462 e. The van der Waals surface area contributed by atoms with Crippen LogP contribution in [0, 0.1) is 0 Å². The highest BCUT2D eigenvalue weighted by Crippen LogP contribution is 2.16. The predicted molar refractivity (Wildman–Crippen MR) is 302 cm³/mol. The molecule has 0 rings (SSSR count). The highest BCUT2D eigenvalue weighted by Gasteiger charge is 2.19. The van der Waals surface area contributed by atoms with E-state index in [9.17, 15) is 14.4 Å². The normalized spacial score (nSPS) is 12.6. The van der Waals surface area contributed by atoms with Crippen LogP contribution in [0.2, 0.25) is 0 Å². The fraction of sp³-hybridized carbons (Fsp3) is 0.766. The molecule has 404 valence electrons. The molecular weight excluding hydrogens is 865 g/mol. The first-order valence-corrected chi connectivity index (χ1v) is 29.9. The van der Waals surface area contributed by atoms with Crippen molar-refractivity contribution in [2.24, 2.45) is 0 Å². The van der Waals surface area contributed by atoms with Gasteiger partial charge in [0.2, 0.25) is 0 Å². The van der Waals surface area contributed by atoms with Gasteiger partial charge in [-0.2, -0.15) is 0 Å². The predicted octanol–water partition coefficient (Wildman–Crippen LogP) is 20.2. The van der Waals surface area contributed by atoms with E-state index in [-0.39, 0.29) is 31.1 Å². The third-order valence-corrected chi connectivity index (χ3v) is 12.9. The van der Waals surface area contributed by atoms with Gasteiger partial charge in [0, 0.05) is 19.3 Å². The largest absolute Gasteiger partial charge is 0.462 e. The zero-order valence-electron chi connectivity index (χ0n) is 46.3. The van der Waals surface area contributed by atoms with Crippen LogP contribution in [0.5, 0.6) is 0 Å². The highest BCUT2D eigenvalue weighted by molar-refractivity contribution is 5.71. The van der Waals surface area contributed by atoms with Crippen LogP contribution in [-0.4, -0.2) is 37.2 Å². The Kier molecular flexibility index (Phi) is 55.8. The SMILES string of the molecule is CC/C=C\C/C=C\C/C=C\C/C=C\C/C=C\CCCCCCCC(=O)OC(COC(=O)CCCCCCCC)COC(=O)CCCCCCCCCCCCCCC/C=C\CCCCCCCCCC. The van der Waals surface area contributed by atoms with Gasteiger partial charge in [-0.1, -0.05) is 261 Å². The van der Waals surface area contributed by atoms with Gasteiger partial charge in [-0.05, 0) is 89.9 Å². The van der Waals surface area contributed by atoms with Crippen molar-refractivity contribution in [1.82, 2.24) is 0 Å². The van der Waals surface area contributed by atoms with E-state index < -0.39 is 6.10 Å². The molecule has 1 atom stereocenters. The summed E-state index contributed by atoms with van der Waals surface area (Å²) in [5.41, 5.74) is 0. The highest BCUT2D eigenvalue weighted by atomic mass is 16.6. The summed E-state index contributed by atoms with van der Waals surface area (Å²) in [6, 6.07) is 0. The maximum Gasteiger partial charge on any atom is 0.306 e. The molecular formula is C64H112O6. The number of rotatable bonds is 54. The van der Waals surface area contributed by atoms with E-state index in [1.54, 1.807) is 0 Å². The van der Waals surface area contributed by atoms with Crippen LogP contribution in [0.1, 0.15) is 297 Å². The Balaban J connectivity index is 4.14. The lowest BCUT2D eigenvalue weighted by molar-refractivity contribution is -0.167. The molecule has 0 aliphatic carbocycles. The summed E-state index contributed by atoms with van der Waals surface area (Å²) in [5.74, 6) is -0.902. The molecule has 0 aromatic carbocycles. The van der Waals surface area contributed by atoms with Gasteiger partial charge in [0.1, 0.15) is 13.2 Å². The average molecular weight is 978 g/mol. The van der Waals surface area contributed by atoms with Crippen molar-refractivity contribution in [2.75, 3.05) is 13.2 Å². The van der Waals surface area contributed by atoms with E-state index in [2.05, 4.69) is 93.7 Å². The molecule has 0 aliphatic rings. The third-order valence-electron chi connectivity index (χ3n) is 12.9. The van der Waals surface area contributed by atoms with Crippen LogP contribution in [-0.2, 0) is 28.6 Å². The van der Waals surface area contributed by atoms with Gasteiger partial charge in [-0.15, -0.1) is 0 Å². The second-order valence-corrected chi connectivity index (χ2v) is 19.9. The van der Waals surface area contributed by atoms with E-state index in [0.29, 0.717) is 19.3 Å². The van der Waals surface area contributed by atoms with E-state index in [0.717, 1.165) is 109 Å². The Labute approximate surface area is 433 Å². The van der Waals surface area contributed by atoms with Gasteiger partial charge in [0.05, 0.1) is 0 Å². The molecule has 0 aliphatic heterocycles. The van der Waals surface area contributed by atoms with Crippen LogP contribution in [0.4, 0.5) is 0 Å². The van der Waals surface area contributed by atoms with Crippen molar-refractivity contribution in [2.45, 2.75) is 303 Å². The fourth-order valence-corrected chi connectivity index (χ4v) is 8.47. The molecule has 0 aromatic heterocycles. The minimum atomic E-state index is -0.782. The molecule has 0 spiro atoms. The van der Waals surface area contributed by atoms with Crippen molar-refractivity contribution >= 4 is 17.9 Å². The number of carbonyl (C=O) groups excluding carboxylic acids is 3. The number of allylic oxidation sites excluding steroid dienone is 12. The maximum absolute atomic E-state index is 12.8. The summed E-state index contributed by atoms with van der Waals surface area (Å²) in [5, 5.41) is 0. The molecule has 1 unspecified atom stereocenters. The van der Waals surface area contributed by atoms with Crippen molar-refractivity contribution in [3.8, 4) is 0 Å². The minimum absolute atomic E-state index is 0.0819. The standard InChI is InChI=1S/C64H112O6/c1-4-7-10-13-16-18-20-22-24-26-28-30-31-32-33-35-36-38-40-42-44-46-48-51-54-57-63(66)69-60-61(59-68-62(65)56-53-50-15-12-9-6-3)70-64(67)58-55-52-49-47-45-43-41-39-37-34-29-27-25-23-21-19-17-14-11-8-5-2/h8,11,17,19,23,25-26,28-29,34,39,41,61H,4-7,9-10,12-16,18,20-22,24,27,30-33,35-38,40,42-60H2,1-3H3/b11-8-,19-17-,25-23-,28-26-,34-29-,41-39-. The Morgan fingerprint density at radius 1 is 0.300 bits per heavy atom. The van der Waals surface area contributed by atoms with E-state index >= 15 is 0 Å². The first-order chi connectivity index (χ1) is 34.5. The van der Waals surface area contributed by atoms with Crippen LogP contribution in [0.15, 0.2) is 72.9 Å². The molecule has 0 fully saturated rings. The summed E-state index contributed by atoms with van der Waals surface area (Å²) in [7, 11) is 0.